The van der Waals surface area contributed by atoms with Crippen LogP contribution in [-0.2, 0) is 28.5 Å². The Bertz CT molecular complexity index is 216. The third-order valence-electron chi connectivity index (χ3n) is 1.66. The average Bonchev–Trinajstić information content (AvgIpc) is 2.27. The monoisotopic (exact) mass is 248 g/mol. The molecule has 0 bridgehead atoms. The van der Waals surface area contributed by atoms with E-state index in [0.717, 1.165) is 0 Å². The molecule has 0 rings (SSSR count). The van der Waals surface area contributed by atoms with Gasteiger partial charge in [0.2, 0.25) is 0 Å². The molecule has 6 heteroatoms. The predicted octanol–water partition coefficient (Wildman–Crippen LogP) is 0.536. The van der Waals surface area contributed by atoms with Crippen LogP contribution >= 0.6 is 0 Å². The zero-order chi connectivity index (χ0) is 12.9. The molecular formula is C11H20O6. The van der Waals surface area contributed by atoms with Gasteiger partial charge in [-0.15, -0.1) is 0 Å². The molecule has 0 aromatic carbocycles. The first kappa shape index (κ1) is 15.9. The highest BCUT2D eigenvalue weighted by molar-refractivity contribution is 5.69. The molecule has 0 spiro atoms. The zero-order valence-electron chi connectivity index (χ0n) is 10.4. The lowest BCUT2D eigenvalue weighted by molar-refractivity contribution is -0.144. The third kappa shape index (κ3) is 12.8. The predicted molar refractivity (Wildman–Crippen MR) is 59.5 cm³/mol. The normalized spacial score (nSPS) is 10.0. The number of carbonyl (C=O) groups is 2. The molecule has 0 heterocycles. The van der Waals surface area contributed by atoms with Crippen LogP contribution in [0.4, 0.5) is 0 Å². The van der Waals surface area contributed by atoms with E-state index < -0.39 is 0 Å². The molecule has 0 aliphatic rings. The Morgan fingerprint density at radius 3 is 2.06 bits per heavy atom. The maximum absolute atomic E-state index is 10.9. The maximum Gasteiger partial charge on any atom is 0.308 e. The second-order valence-electron chi connectivity index (χ2n) is 3.12. The van der Waals surface area contributed by atoms with Crippen LogP contribution in [0.2, 0.25) is 0 Å². The fourth-order valence-electron chi connectivity index (χ4n) is 0.955. The zero-order valence-corrected chi connectivity index (χ0v) is 10.4. The SMILES string of the molecule is CCOC(=O)CCOCCOCCOC(C)=O. The lowest BCUT2D eigenvalue weighted by atomic mass is 10.5. The van der Waals surface area contributed by atoms with Crippen molar-refractivity contribution in [2.45, 2.75) is 20.3 Å². The standard InChI is InChI=1S/C11H20O6/c1-3-16-11(13)4-5-14-6-7-15-8-9-17-10(2)12/h3-9H2,1-2H3. The Labute approximate surface area is 101 Å². The molecule has 0 aromatic rings. The molecule has 0 amide bonds. The highest BCUT2D eigenvalue weighted by atomic mass is 16.6. The summed E-state index contributed by atoms with van der Waals surface area (Å²) in [6, 6.07) is 0. The molecule has 0 unspecified atom stereocenters. The highest BCUT2D eigenvalue weighted by Gasteiger charge is 2.00. The Kier molecular flexibility index (Phi) is 10.6. The molecule has 6 nitrogen and oxygen atoms in total. The number of carbonyl (C=O) groups excluding carboxylic acids is 2. The van der Waals surface area contributed by atoms with Crippen LogP contribution in [-0.4, -0.2) is 51.6 Å². The largest absolute Gasteiger partial charge is 0.466 e. The van der Waals surface area contributed by atoms with Gasteiger partial charge in [0.15, 0.2) is 0 Å². The molecule has 0 aromatic heterocycles. The Hall–Kier alpha value is -1.14. The van der Waals surface area contributed by atoms with E-state index in [4.69, 9.17) is 14.2 Å². The highest BCUT2D eigenvalue weighted by Crippen LogP contribution is 1.88. The summed E-state index contributed by atoms with van der Waals surface area (Å²) in [5.41, 5.74) is 0. The van der Waals surface area contributed by atoms with Gasteiger partial charge in [-0.2, -0.15) is 0 Å². The minimum absolute atomic E-state index is 0.248. The second-order valence-corrected chi connectivity index (χ2v) is 3.12. The van der Waals surface area contributed by atoms with Crippen molar-refractivity contribution in [3.63, 3.8) is 0 Å². The Morgan fingerprint density at radius 2 is 1.47 bits per heavy atom. The van der Waals surface area contributed by atoms with Gasteiger partial charge in [-0.05, 0) is 6.92 Å². The molecule has 0 saturated carbocycles. The molecule has 100 valence electrons. The van der Waals surface area contributed by atoms with Crippen molar-refractivity contribution < 1.29 is 28.5 Å². The molecule has 0 fully saturated rings. The molecule has 0 radical (unpaired) electrons. The van der Waals surface area contributed by atoms with Crippen molar-refractivity contribution in [2.24, 2.45) is 0 Å². The molecule has 0 N–H and O–H groups in total. The quantitative estimate of drug-likeness (QED) is 0.415. The average molecular weight is 248 g/mol. The van der Waals surface area contributed by atoms with Gasteiger partial charge in [0, 0.05) is 6.92 Å². The van der Waals surface area contributed by atoms with Gasteiger partial charge in [-0.25, -0.2) is 0 Å². The van der Waals surface area contributed by atoms with Gasteiger partial charge in [-0.3, -0.25) is 9.59 Å². The van der Waals surface area contributed by atoms with Crippen molar-refractivity contribution >= 4 is 11.9 Å². The number of esters is 2. The number of hydrogen-bond donors (Lipinski definition) is 0. The summed E-state index contributed by atoms with van der Waals surface area (Å²) in [6.07, 6.45) is 0.251. The van der Waals surface area contributed by atoms with Crippen LogP contribution < -0.4 is 0 Å². The van der Waals surface area contributed by atoms with Crippen molar-refractivity contribution in [2.75, 3.05) is 39.6 Å². The van der Waals surface area contributed by atoms with E-state index in [0.29, 0.717) is 33.0 Å². The lowest BCUT2D eigenvalue weighted by Gasteiger charge is -2.05. The van der Waals surface area contributed by atoms with E-state index in [1.54, 1.807) is 6.92 Å². The molecule has 0 aliphatic carbocycles. The molecule has 0 atom stereocenters. The van der Waals surface area contributed by atoms with Crippen LogP contribution in [0.5, 0.6) is 0 Å². The minimum Gasteiger partial charge on any atom is -0.466 e. The van der Waals surface area contributed by atoms with Crippen LogP contribution in [0.1, 0.15) is 20.3 Å². The van der Waals surface area contributed by atoms with Gasteiger partial charge in [0.25, 0.3) is 0 Å². The summed E-state index contributed by atoms with van der Waals surface area (Å²) in [7, 11) is 0. The van der Waals surface area contributed by atoms with Crippen molar-refractivity contribution in [1.82, 2.24) is 0 Å². The summed E-state index contributed by atoms with van der Waals surface area (Å²) in [4.78, 5) is 21.3. The Balaban J connectivity index is 3.08. The summed E-state index contributed by atoms with van der Waals surface area (Å²) in [5, 5.41) is 0. The fraction of sp³-hybridized carbons (Fsp3) is 0.818. The fourth-order valence-corrected chi connectivity index (χ4v) is 0.955. The number of ether oxygens (including phenoxy) is 4. The summed E-state index contributed by atoms with van der Waals surface area (Å²) in [5.74, 6) is -0.581. The van der Waals surface area contributed by atoms with E-state index in [1.807, 2.05) is 0 Å². The van der Waals surface area contributed by atoms with Gasteiger partial charge >= 0.3 is 11.9 Å². The van der Waals surface area contributed by atoms with Gasteiger partial charge in [-0.1, -0.05) is 0 Å². The van der Waals surface area contributed by atoms with Crippen LogP contribution in [0.15, 0.2) is 0 Å². The first-order chi connectivity index (χ1) is 8.16. The molecule has 0 saturated heterocycles. The summed E-state index contributed by atoms with van der Waals surface area (Å²) < 4.78 is 19.7. The maximum atomic E-state index is 10.9. The summed E-state index contributed by atoms with van der Waals surface area (Å²) in [6.45, 7) is 5.22. The minimum atomic E-state index is -0.320. The van der Waals surface area contributed by atoms with Crippen LogP contribution in [0.25, 0.3) is 0 Å². The smallest absolute Gasteiger partial charge is 0.308 e. The first-order valence-corrected chi connectivity index (χ1v) is 5.61. The van der Waals surface area contributed by atoms with Gasteiger partial charge < -0.3 is 18.9 Å². The third-order valence-corrected chi connectivity index (χ3v) is 1.66. The van der Waals surface area contributed by atoms with E-state index in [2.05, 4.69) is 4.74 Å². The van der Waals surface area contributed by atoms with Crippen LogP contribution in [0.3, 0.4) is 0 Å². The van der Waals surface area contributed by atoms with Gasteiger partial charge in [0.1, 0.15) is 6.61 Å². The van der Waals surface area contributed by atoms with Crippen molar-refractivity contribution in [3.05, 3.63) is 0 Å². The van der Waals surface area contributed by atoms with E-state index in [-0.39, 0.29) is 25.0 Å². The van der Waals surface area contributed by atoms with E-state index in [9.17, 15) is 9.59 Å². The van der Waals surface area contributed by atoms with Gasteiger partial charge in [0.05, 0.1) is 39.5 Å². The topological polar surface area (TPSA) is 71.1 Å². The van der Waals surface area contributed by atoms with E-state index >= 15 is 0 Å². The lowest BCUT2D eigenvalue weighted by Crippen LogP contribution is -2.13. The van der Waals surface area contributed by atoms with Crippen molar-refractivity contribution in [3.8, 4) is 0 Å². The second kappa shape index (κ2) is 11.3. The molecular weight excluding hydrogens is 228 g/mol. The Morgan fingerprint density at radius 1 is 0.882 bits per heavy atom. The summed E-state index contributed by atoms with van der Waals surface area (Å²) >= 11 is 0. The first-order valence-electron chi connectivity index (χ1n) is 5.61. The van der Waals surface area contributed by atoms with E-state index in [1.165, 1.54) is 6.92 Å². The molecule has 0 aliphatic heterocycles. The number of hydrogen-bond acceptors (Lipinski definition) is 6. The number of rotatable bonds is 10. The molecule has 17 heavy (non-hydrogen) atoms. The van der Waals surface area contributed by atoms with Crippen molar-refractivity contribution in [1.29, 1.82) is 0 Å². The van der Waals surface area contributed by atoms with Crippen LogP contribution in [0, 0.1) is 0 Å².